The summed E-state index contributed by atoms with van der Waals surface area (Å²) in [4.78, 5) is 20.4. The van der Waals surface area contributed by atoms with E-state index in [4.69, 9.17) is 16.1 Å². The minimum atomic E-state index is -4.39. The molecule has 1 N–H and O–H groups in total. The largest absolute Gasteiger partial charge is 0.417 e. The van der Waals surface area contributed by atoms with Gasteiger partial charge in [0.15, 0.2) is 11.5 Å². The SMILES string of the molecule is O=C(NCCN1CCN(c2ccc(C(F)(F)F)cn2)CC1)c1cc(-c2ccc(Cl)cc2)on1. The second-order valence-electron chi connectivity index (χ2n) is 7.57. The Morgan fingerprint density at radius 2 is 1.82 bits per heavy atom. The zero-order chi connectivity index (χ0) is 23.4. The second-order valence-corrected chi connectivity index (χ2v) is 8.01. The van der Waals surface area contributed by atoms with Crippen LogP contribution in [-0.2, 0) is 6.18 Å². The number of pyridine rings is 1. The molecule has 0 bridgehead atoms. The lowest BCUT2D eigenvalue weighted by Gasteiger charge is -2.35. The minimum absolute atomic E-state index is 0.193. The number of aromatic nitrogens is 2. The summed E-state index contributed by atoms with van der Waals surface area (Å²) in [5, 5.41) is 7.26. The smallest absolute Gasteiger partial charge is 0.355 e. The molecule has 11 heteroatoms. The molecule has 1 fully saturated rings. The molecular weight excluding hydrogens is 459 g/mol. The lowest BCUT2D eigenvalue weighted by atomic mass is 10.1. The second kappa shape index (κ2) is 9.80. The van der Waals surface area contributed by atoms with Crippen LogP contribution in [0.25, 0.3) is 11.3 Å². The summed E-state index contributed by atoms with van der Waals surface area (Å²) < 4.78 is 43.3. The van der Waals surface area contributed by atoms with Crippen molar-refractivity contribution in [1.29, 1.82) is 0 Å². The van der Waals surface area contributed by atoms with Crippen LogP contribution >= 0.6 is 11.6 Å². The van der Waals surface area contributed by atoms with Crippen molar-refractivity contribution in [3.8, 4) is 11.3 Å². The molecule has 0 radical (unpaired) electrons. The quantitative estimate of drug-likeness (QED) is 0.577. The molecule has 1 amide bonds. The van der Waals surface area contributed by atoms with Crippen LogP contribution < -0.4 is 10.2 Å². The van der Waals surface area contributed by atoms with Crippen LogP contribution in [-0.4, -0.2) is 60.2 Å². The van der Waals surface area contributed by atoms with E-state index in [-0.39, 0.29) is 11.6 Å². The van der Waals surface area contributed by atoms with E-state index in [1.54, 1.807) is 30.3 Å². The lowest BCUT2D eigenvalue weighted by molar-refractivity contribution is -0.137. The molecule has 1 aliphatic rings. The van der Waals surface area contributed by atoms with Gasteiger partial charge in [-0.15, -0.1) is 0 Å². The lowest BCUT2D eigenvalue weighted by Crippen LogP contribution is -2.48. The van der Waals surface area contributed by atoms with Crippen LogP contribution in [0.3, 0.4) is 0 Å². The van der Waals surface area contributed by atoms with Gasteiger partial charge in [-0.05, 0) is 36.4 Å². The molecule has 1 saturated heterocycles. The van der Waals surface area contributed by atoms with E-state index < -0.39 is 11.7 Å². The molecule has 0 spiro atoms. The van der Waals surface area contributed by atoms with Crippen molar-refractivity contribution in [2.45, 2.75) is 6.18 Å². The Balaban J connectivity index is 1.21. The van der Waals surface area contributed by atoms with Gasteiger partial charge < -0.3 is 14.7 Å². The fraction of sp³-hybridized carbons (Fsp3) is 0.318. The molecule has 33 heavy (non-hydrogen) atoms. The van der Waals surface area contributed by atoms with Crippen molar-refractivity contribution in [2.75, 3.05) is 44.2 Å². The predicted octanol–water partition coefficient (Wildman–Crippen LogP) is 3.96. The number of nitrogens with zero attached hydrogens (tertiary/aromatic N) is 4. The van der Waals surface area contributed by atoms with Crippen molar-refractivity contribution in [1.82, 2.24) is 20.4 Å². The maximum atomic E-state index is 12.7. The first kappa shape index (κ1) is 23.1. The fourth-order valence-electron chi connectivity index (χ4n) is 3.49. The molecule has 0 unspecified atom stereocenters. The van der Waals surface area contributed by atoms with Crippen molar-refractivity contribution in [3.05, 3.63) is 64.9 Å². The number of alkyl halides is 3. The van der Waals surface area contributed by atoms with E-state index in [9.17, 15) is 18.0 Å². The van der Waals surface area contributed by atoms with Gasteiger partial charge in [0.05, 0.1) is 5.56 Å². The molecule has 1 aliphatic heterocycles. The average molecular weight is 480 g/mol. The first-order valence-electron chi connectivity index (χ1n) is 10.3. The number of piperazine rings is 1. The van der Waals surface area contributed by atoms with Gasteiger partial charge in [-0.3, -0.25) is 9.69 Å². The van der Waals surface area contributed by atoms with Crippen LogP contribution in [0, 0.1) is 0 Å². The van der Waals surface area contributed by atoms with Crippen LogP contribution in [0.15, 0.2) is 53.2 Å². The number of nitrogens with one attached hydrogen (secondary N) is 1. The van der Waals surface area contributed by atoms with Crippen LogP contribution in [0.1, 0.15) is 16.1 Å². The Kier molecular flexibility index (Phi) is 6.85. The van der Waals surface area contributed by atoms with Crippen molar-refractivity contribution < 1.29 is 22.5 Å². The highest BCUT2D eigenvalue weighted by molar-refractivity contribution is 6.30. The number of hydrogen-bond acceptors (Lipinski definition) is 6. The predicted molar refractivity (Wildman–Crippen MR) is 117 cm³/mol. The highest BCUT2D eigenvalue weighted by Gasteiger charge is 2.31. The van der Waals surface area contributed by atoms with E-state index in [1.807, 2.05) is 4.90 Å². The summed E-state index contributed by atoms with van der Waals surface area (Å²) in [5.41, 5.74) is 0.206. The zero-order valence-corrected chi connectivity index (χ0v) is 18.2. The number of benzene rings is 1. The number of hydrogen-bond donors (Lipinski definition) is 1. The van der Waals surface area contributed by atoms with Gasteiger partial charge in [0.25, 0.3) is 5.91 Å². The monoisotopic (exact) mass is 479 g/mol. The van der Waals surface area contributed by atoms with E-state index in [2.05, 4.69) is 20.4 Å². The molecule has 0 saturated carbocycles. The Morgan fingerprint density at radius 3 is 2.45 bits per heavy atom. The van der Waals surface area contributed by atoms with Gasteiger partial charge in [-0.25, -0.2) is 4.98 Å². The number of carbonyl (C=O) groups is 1. The van der Waals surface area contributed by atoms with E-state index in [0.29, 0.717) is 55.9 Å². The summed E-state index contributed by atoms with van der Waals surface area (Å²) in [6.45, 7) is 3.77. The molecule has 1 aromatic carbocycles. The average Bonchev–Trinajstić information content (AvgIpc) is 3.30. The van der Waals surface area contributed by atoms with E-state index in [1.165, 1.54) is 6.07 Å². The van der Waals surface area contributed by atoms with Gasteiger partial charge in [0.1, 0.15) is 5.82 Å². The van der Waals surface area contributed by atoms with Crippen LogP contribution in [0.4, 0.5) is 19.0 Å². The Morgan fingerprint density at radius 1 is 1.09 bits per heavy atom. The number of anilines is 1. The van der Waals surface area contributed by atoms with E-state index in [0.717, 1.165) is 17.8 Å². The maximum absolute atomic E-state index is 12.7. The normalized spacial score (nSPS) is 15.0. The standard InChI is InChI=1S/C22H21ClF3N5O2/c23-17-4-1-15(2-5-17)19-13-18(29-33-19)21(32)27-7-8-30-9-11-31(12-10-30)20-6-3-16(14-28-20)22(24,25)26/h1-6,13-14H,7-12H2,(H,27,32). The summed E-state index contributed by atoms with van der Waals surface area (Å²) in [5.74, 6) is 0.676. The third-order valence-corrected chi connectivity index (χ3v) is 5.61. The number of rotatable bonds is 6. The van der Waals surface area contributed by atoms with Gasteiger partial charge >= 0.3 is 6.18 Å². The summed E-state index contributed by atoms with van der Waals surface area (Å²) in [6.07, 6.45) is -3.53. The number of halogens is 4. The summed E-state index contributed by atoms with van der Waals surface area (Å²) in [7, 11) is 0. The topological polar surface area (TPSA) is 74.5 Å². The van der Waals surface area contributed by atoms with E-state index >= 15 is 0 Å². The molecular formula is C22H21ClF3N5O2. The van der Waals surface area contributed by atoms with Gasteiger partial charge in [0.2, 0.25) is 0 Å². The van der Waals surface area contributed by atoms with Gasteiger partial charge in [-0.2, -0.15) is 13.2 Å². The molecule has 3 aromatic rings. The van der Waals surface area contributed by atoms with Gasteiger partial charge in [-0.1, -0.05) is 16.8 Å². The first-order chi connectivity index (χ1) is 15.8. The zero-order valence-electron chi connectivity index (χ0n) is 17.5. The first-order valence-corrected chi connectivity index (χ1v) is 10.7. The van der Waals surface area contributed by atoms with Crippen molar-refractivity contribution >= 4 is 23.3 Å². The van der Waals surface area contributed by atoms with Crippen molar-refractivity contribution in [3.63, 3.8) is 0 Å². The third-order valence-electron chi connectivity index (χ3n) is 5.36. The maximum Gasteiger partial charge on any atom is 0.417 e. The number of carbonyl (C=O) groups excluding carboxylic acids is 1. The molecule has 3 heterocycles. The minimum Gasteiger partial charge on any atom is -0.355 e. The van der Waals surface area contributed by atoms with Crippen LogP contribution in [0.2, 0.25) is 5.02 Å². The van der Waals surface area contributed by atoms with Crippen LogP contribution in [0.5, 0.6) is 0 Å². The Hall–Kier alpha value is -3.11. The third kappa shape index (κ3) is 5.82. The highest BCUT2D eigenvalue weighted by atomic mass is 35.5. The molecule has 0 atom stereocenters. The molecule has 7 nitrogen and oxygen atoms in total. The Bertz CT molecular complexity index is 1080. The molecule has 4 rings (SSSR count). The van der Waals surface area contributed by atoms with Gasteiger partial charge in [0, 0.05) is 62.1 Å². The summed E-state index contributed by atoms with van der Waals surface area (Å²) in [6, 6.07) is 11.0. The molecule has 174 valence electrons. The fourth-order valence-corrected chi connectivity index (χ4v) is 3.62. The number of amides is 1. The molecule has 0 aliphatic carbocycles. The van der Waals surface area contributed by atoms with Crippen molar-refractivity contribution in [2.24, 2.45) is 0 Å². The highest BCUT2D eigenvalue weighted by Crippen LogP contribution is 2.29. The Labute approximate surface area is 193 Å². The summed E-state index contributed by atoms with van der Waals surface area (Å²) >= 11 is 5.88. The molecule has 2 aromatic heterocycles.